The van der Waals surface area contributed by atoms with Gasteiger partial charge in [-0.3, -0.25) is 5.10 Å². The topological polar surface area (TPSA) is 94.1 Å². The highest BCUT2D eigenvalue weighted by Crippen LogP contribution is 2.25. The third-order valence-electron chi connectivity index (χ3n) is 2.19. The molecule has 0 amide bonds. The number of nitrogen functional groups attached to an aromatic ring is 1. The molecular formula is C10H11N3O3. The summed E-state index contributed by atoms with van der Waals surface area (Å²) in [6.07, 6.45) is 0. The maximum absolute atomic E-state index is 11.4. The molecule has 16 heavy (non-hydrogen) atoms. The van der Waals surface area contributed by atoms with Crippen molar-refractivity contribution in [2.45, 2.75) is 6.92 Å². The minimum absolute atomic E-state index is 0.365. The number of ether oxygens (including phenoxy) is 1. The quantitative estimate of drug-likeness (QED) is 0.746. The molecule has 0 saturated carbocycles. The first kappa shape index (κ1) is 10.3. The number of hydrogen-bond donors (Lipinski definition) is 2. The molecule has 0 aliphatic carbocycles. The number of nitrogens with one attached hydrogen (secondary N) is 1. The molecule has 6 nitrogen and oxygen atoms in total. The summed E-state index contributed by atoms with van der Waals surface area (Å²) in [6, 6.07) is 3.22. The maximum Gasteiger partial charge on any atom is 0.341 e. The highest BCUT2D eigenvalue weighted by atomic mass is 16.5. The molecule has 0 radical (unpaired) electrons. The van der Waals surface area contributed by atoms with Gasteiger partial charge in [-0.1, -0.05) is 0 Å². The van der Waals surface area contributed by atoms with Crippen molar-refractivity contribution in [1.82, 2.24) is 10.2 Å². The van der Waals surface area contributed by atoms with Gasteiger partial charge in [0.25, 0.3) is 0 Å². The Hall–Kier alpha value is -2.24. The molecule has 0 bridgehead atoms. The molecule has 2 rings (SSSR count). The smallest absolute Gasteiger partial charge is 0.341 e. The van der Waals surface area contributed by atoms with Crippen LogP contribution in [0.2, 0.25) is 0 Å². The third-order valence-corrected chi connectivity index (χ3v) is 2.19. The van der Waals surface area contributed by atoms with Gasteiger partial charge in [-0.05, 0) is 6.92 Å². The first-order chi connectivity index (χ1) is 7.61. The minimum Gasteiger partial charge on any atom is -0.465 e. The van der Waals surface area contributed by atoms with E-state index in [9.17, 15) is 4.79 Å². The van der Waals surface area contributed by atoms with E-state index in [0.717, 1.165) is 0 Å². The Labute approximate surface area is 91.4 Å². The standard InChI is InChI=1S/C10H11N3O3/c1-5-6(10(14)15-2)3-8(16-5)7-4-9(11)13-12-7/h3-4H,1-2H3,(H3,11,12,13). The van der Waals surface area contributed by atoms with Crippen molar-refractivity contribution in [3.63, 3.8) is 0 Å². The fourth-order valence-electron chi connectivity index (χ4n) is 1.39. The largest absolute Gasteiger partial charge is 0.465 e. The van der Waals surface area contributed by atoms with E-state index in [4.69, 9.17) is 10.2 Å². The number of nitrogens with two attached hydrogens (primary N) is 1. The highest BCUT2D eigenvalue weighted by Gasteiger charge is 2.17. The lowest BCUT2D eigenvalue weighted by molar-refractivity contribution is 0.0599. The van der Waals surface area contributed by atoms with Crippen LogP contribution in [0.25, 0.3) is 11.5 Å². The van der Waals surface area contributed by atoms with Gasteiger partial charge < -0.3 is 14.9 Å². The Kier molecular flexibility index (Phi) is 2.40. The van der Waals surface area contributed by atoms with Crippen LogP contribution in [-0.4, -0.2) is 23.3 Å². The molecule has 2 aromatic rings. The normalized spacial score (nSPS) is 10.4. The van der Waals surface area contributed by atoms with Gasteiger partial charge >= 0.3 is 5.97 Å². The van der Waals surface area contributed by atoms with Crippen LogP contribution in [0.3, 0.4) is 0 Å². The van der Waals surface area contributed by atoms with E-state index in [0.29, 0.717) is 28.6 Å². The highest BCUT2D eigenvalue weighted by molar-refractivity contribution is 5.91. The zero-order valence-corrected chi connectivity index (χ0v) is 8.90. The Balaban J connectivity index is 2.41. The molecule has 2 aromatic heterocycles. The van der Waals surface area contributed by atoms with Crippen molar-refractivity contribution >= 4 is 11.8 Å². The van der Waals surface area contributed by atoms with Gasteiger partial charge in [0.15, 0.2) is 5.76 Å². The van der Waals surface area contributed by atoms with Crippen LogP contribution in [-0.2, 0) is 4.74 Å². The second kappa shape index (κ2) is 3.73. The average Bonchev–Trinajstić information content (AvgIpc) is 2.83. The minimum atomic E-state index is -0.431. The van der Waals surface area contributed by atoms with Gasteiger partial charge in [-0.15, -0.1) is 0 Å². The molecule has 0 saturated heterocycles. The SMILES string of the molecule is COC(=O)c1cc(-c2cc(N)n[nH]2)oc1C. The summed E-state index contributed by atoms with van der Waals surface area (Å²) >= 11 is 0. The predicted molar refractivity (Wildman–Crippen MR) is 56.8 cm³/mol. The summed E-state index contributed by atoms with van der Waals surface area (Å²) in [5.74, 6) is 0.931. The van der Waals surface area contributed by atoms with Gasteiger partial charge in [-0.25, -0.2) is 4.79 Å². The number of anilines is 1. The number of methoxy groups -OCH3 is 1. The summed E-state index contributed by atoms with van der Waals surface area (Å²) in [7, 11) is 1.32. The molecule has 3 N–H and O–H groups in total. The van der Waals surface area contributed by atoms with Gasteiger partial charge in [0.1, 0.15) is 22.8 Å². The predicted octanol–water partition coefficient (Wildman–Crippen LogP) is 1.35. The van der Waals surface area contributed by atoms with Crippen molar-refractivity contribution in [3.8, 4) is 11.5 Å². The summed E-state index contributed by atoms with van der Waals surface area (Å²) in [6.45, 7) is 1.69. The average molecular weight is 221 g/mol. The van der Waals surface area contributed by atoms with Crippen LogP contribution >= 0.6 is 0 Å². The molecule has 0 aromatic carbocycles. The molecule has 6 heteroatoms. The van der Waals surface area contributed by atoms with Crippen molar-refractivity contribution in [2.75, 3.05) is 12.8 Å². The van der Waals surface area contributed by atoms with E-state index >= 15 is 0 Å². The van der Waals surface area contributed by atoms with Gasteiger partial charge in [0.05, 0.1) is 7.11 Å². The number of hydrogen-bond acceptors (Lipinski definition) is 5. The van der Waals surface area contributed by atoms with Crippen LogP contribution in [0, 0.1) is 6.92 Å². The van der Waals surface area contributed by atoms with Crippen molar-refractivity contribution < 1.29 is 13.9 Å². The molecule has 2 heterocycles. The number of nitrogens with zero attached hydrogens (tertiary/aromatic N) is 1. The van der Waals surface area contributed by atoms with Crippen LogP contribution in [0.1, 0.15) is 16.1 Å². The summed E-state index contributed by atoms with van der Waals surface area (Å²) < 4.78 is 10.0. The van der Waals surface area contributed by atoms with Crippen molar-refractivity contribution in [2.24, 2.45) is 0 Å². The number of carbonyl (C=O) groups is 1. The Bertz CT molecular complexity index is 527. The van der Waals surface area contributed by atoms with E-state index in [1.54, 1.807) is 19.1 Å². The fraction of sp³-hybridized carbons (Fsp3) is 0.200. The number of rotatable bonds is 2. The van der Waals surface area contributed by atoms with Crippen LogP contribution in [0.5, 0.6) is 0 Å². The zero-order valence-electron chi connectivity index (χ0n) is 8.90. The lowest BCUT2D eigenvalue weighted by Crippen LogP contribution is -2.00. The van der Waals surface area contributed by atoms with Gasteiger partial charge in [0, 0.05) is 12.1 Å². The number of esters is 1. The van der Waals surface area contributed by atoms with E-state index in [1.165, 1.54) is 7.11 Å². The maximum atomic E-state index is 11.4. The Morgan fingerprint density at radius 1 is 1.56 bits per heavy atom. The molecule has 0 fully saturated rings. The fourth-order valence-corrected chi connectivity index (χ4v) is 1.39. The molecule has 84 valence electrons. The van der Waals surface area contributed by atoms with Crippen LogP contribution in [0.4, 0.5) is 5.82 Å². The third kappa shape index (κ3) is 1.65. The first-order valence-electron chi connectivity index (χ1n) is 4.62. The van der Waals surface area contributed by atoms with E-state index in [-0.39, 0.29) is 0 Å². The molecular weight excluding hydrogens is 210 g/mol. The summed E-state index contributed by atoms with van der Waals surface area (Å²) in [4.78, 5) is 11.4. The van der Waals surface area contributed by atoms with E-state index in [1.807, 2.05) is 0 Å². The lowest BCUT2D eigenvalue weighted by Gasteiger charge is -1.93. The van der Waals surface area contributed by atoms with Gasteiger partial charge in [-0.2, -0.15) is 5.10 Å². The van der Waals surface area contributed by atoms with Crippen LogP contribution in [0.15, 0.2) is 16.5 Å². The Morgan fingerprint density at radius 2 is 2.31 bits per heavy atom. The second-order valence-corrected chi connectivity index (χ2v) is 3.28. The summed E-state index contributed by atoms with van der Waals surface area (Å²) in [5, 5.41) is 6.47. The number of aromatic amines is 1. The molecule has 0 spiro atoms. The lowest BCUT2D eigenvalue weighted by atomic mass is 10.2. The molecule has 0 aliphatic heterocycles. The Morgan fingerprint density at radius 3 is 2.88 bits per heavy atom. The first-order valence-corrected chi connectivity index (χ1v) is 4.62. The second-order valence-electron chi connectivity index (χ2n) is 3.28. The molecule has 0 atom stereocenters. The zero-order chi connectivity index (χ0) is 11.7. The summed E-state index contributed by atoms with van der Waals surface area (Å²) in [5.41, 5.74) is 6.49. The number of H-pyrrole nitrogens is 1. The number of aryl methyl sites for hydroxylation is 1. The van der Waals surface area contributed by atoms with Crippen molar-refractivity contribution in [1.29, 1.82) is 0 Å². The number of aromatic nitrogens is 2. The van der Waals surface area contributed by atoms with Crippen molar-refractivity contribution in [3.05, 3.63) is 23.5 Å². The number of carbonyl (C=O) groups excluding carboxylic acids is 1. The van der Waals surface area contributed by atoms with Gasteiger partial charge in [0.2, 0.25) is 0 Å². The van der Waals surface area contributed by atoms with E-state index in [2.05, 4.69) is 14.9 Å². The monoisotopic (exact) mass is 221 g/mol. The van der Waals surface area contributed by atoms with E-state index < -0.39 is 5.97 Å². The van der Waals surface area contributed by atoms with Crippen LogP contribution < -0.4 is 5.73 Å². The molecule has 0 unspecified atom stereocenters. The molecule has 0 aliphatic rings. The number of furan rings is 1.